The second-order valence-electron chi connectivity index (χ2n) is 6.24. The molecule has 1 rings (SSSR count). The minimum absolute atomic E-state index is 0.00472. The van der Waals surface area contributed by atoms with Crippen molar-refractivity contribution in [2.75, 3.05) is 7.11 Å². The molecule has 0 spiro atoms. The molecule has 0 aliphatic carbocycles. The maximum absolute atomic E-state index is 10.8. The quantitative estimate of drug-likeness (QED) is 0.839. The van der Waals surface area contributed by atoms with Crippen LogP contribution in [0.25, 0.3) is 0 Å². The average molecular weight is 279 g/mol. The number of benzene rings is 1. The van der Waals surface area contributed by atoms with Gasteiger partial charge in [-0.25, -0.2) is 0 Å². The van der Waals surface area contributed by atoms with Crippen molar-refractivity contribution in [1.29, 1.82) is 0 Å². The van der Waals surface area contributed by atoms with E-state index in [0.29, 0.717) is 12.0 Å². The van der Waals surface area contributed by atoms with Crippen molar-refractivity contribution in [1.82, 2.24) is 5.32 Å². The second kappa shape index (κ2) is 7.09. The lowest BCUT2D eigenvalue weighted by atomic mass is 9.90. The Morgan fingerprint density at radius 1 is 1.10 bits per heavy atom. The van der Waals surface area contributed by atoms with Crippen LogP contribution in [-0.2, 0) is 0 Å². The van der Waals surface area contributed by atoms with Crippen LogP contribution in [0.5, 0.6) is 5.75 Å². The van der Waals surface area contributed by atoms with Gasteiger partial charge in [-0.1, -0.05) is 39.3 Å². The molecule has 114 valence electrons. The fourth-order valence-corrected chi connectivity index (χ4v) is 2.71. The Kier molecular flexibility index (Phi) is 6.03. The van der Waals surface area contributed by atoms with E-state index in [0.717, 1.165) is 22.4 Å². The van der Waals surface area contributed by atoms with E-state index >= 15 is 0 Å². The standard InChI is InChI=1S/C17H29NO2/c1-10(2)15(18-11(3)4)16(19)14-9-12(5)8-13(6)17(14)20-7/h8-11,15-16,18-19H,1-7H3. The van der Waals surface area contributed by atoms with Crippen LogP contribution in [0.15, 0.2) is 12.1 Å². The van der Waals surface area contributed by atoms with Gasteiger partial charge in [-0.05, 0) is 31.4 Å². The molecule has 2 unspecified atom stereocenters. The molecule has 3 nitrogen and oxygen atoms in total. The van der Waals surface area contributed by atoms with Crippen molar-refractivity contribution >= 4 is 0 Å². The number of ether oxygens (including phenoxy) is 1. The van der Waals surface area contributed by atoms with Crippen LogP contribution in [0.4, 0.5) is 0 Å². The number of rotatable bonds is 6. The number of methoxy groups -OCH3 is 1. The number of aliphatic hydroxyl groups excluding tert-OH is 1. The van der Waals surface area contributed by atoms with Crippen molar-refractivity contribution in [3.8, 4) is 5.75 Å². The Morgan fingerprint density at radius 2 is 1.70 bits per heavy atom. The molecule has 0 radical (unpaired) electrons. The summed E-state index contributed by atoms with van der Waals surface area (Å²) in [7, 11) is 1.66. The first kappa shape index (κ1) is 17.0. The fraction of sp³-hybridized carbons (Fsp3) is 0.647. The molecule has 2 N–H and O–H groups in total. The number of hydrogen-bond acceptors (Lipinski definition) is 3. The third-order valence-corrected chi connectivity index (χ3v) is 3.55. The van der Waals surface area contributed by atoms with Gasteiger partial charge < -0.3 is 15.2 Å². The van der Waals surface area contributed by atoms with E-state index in [1.165, 1.54) is 0 Å². The fourth-order valence-electron chi connectivity index (χ4n) is 2.71. The topological polar surface area (TPSA) is 41.5 Å². The van der Waals surface area contributed by atoms with E-state index in [1.54, 1.807) is 7.11 Å². The monoisotopic (exact) mass is 279 g/mol. The summed E-state index contributed by atoms with van der Waals surface area (Å²) in [5.41, 5.74) is 3.08. The summed E-state index contributed by atoms with van der Waals surface area (Å²) in [5, 5.41) is 14.3. The predicted molar refractivity (Wildman–Crippen MR) is 84.3 cm³/mol. The van der Waals surface area contributed by atoms with Gasteiger partial charge >= 0.3 is 0 Å². The molecule has 1 aromatic rings. The Labute approximate surface area is 123 Å². The van der Waals surface area contributed by atoms with E-state index in [2.05, 4.69) is 39.1 Å². The first-order valence-corrected chi connectivity index (χ1v) is 7.37. The van der Waals surface area contributed by atoms with Gasteiger partial charge in [0.05, 0.1) is 13.2 Å². The van der Waals surface area contributed by atoms with Gasteiger partial charge in [0.15, 0.2) is 0 Å². The third-order valence-electron chi connectivity index (χ3n) is 3.55. The van der Waals surface area contributed by atoms with Gasteiger partial charge in [-0.15, -0.1) is 0 Å². The molecule has 0 amide bonds. The van der Waals surface area contributed by atoms with E-state index < -0.39 is 6.10 Å². The molecule has 0 fully saturated rings. The first-order chi connectivity index (χ1) is 9.27. The van der Waals surface area contributed by atoms with Crippen LogP contribution in [-0.4, -0.2) is 24.3 Å². The molecule has 0 heterocycles. The molecule has 20 heavy (non-hydrogen) atoms. The average Bonchev–Trinajstić information content (AvgIpc) is 2.33. The molecule has 0 saturated carbocycles. The van der Waals surface area contributed by atoms with Gasteiger partial charge in [-0.2, -0.15) is 0 Å². The van der Waals surface area contributed by atoms with E-state index in [4.69, 9.17) is 4.74 Å². The number of aliphatic hydroxyl groups is 1. The molecule has 0 saturated heterocycles. The third kappa shape index (κ3) is 3.97. The van der Waals surface area contributed by atoms with Gasteiger partial charge in [0.25, 0.3) is 0 Å². The Hall–Kier alpha value is -1.06. The van der Waals surface area contributed by atoms with Crippen LogP contribution < -0.4 is 10.1 Å². The molecule has 0 aliphatic rings. The summed E-state index contributed by atoms with van der Waals surface area (Å²) in [6.45, 7) is 12.5. The molecule has 2 atom stereocenters. The minimum Gasteiger partial charge on any atom is -0.496 e. The van der Waals surface area contributed by atoms with E-state index in [-0.39, 0.29) is 6.04 Å². The molecular formula is C17H29NO2. The molecule has 1 aromatic carbocycles. The zero-order valence-electron chi connectivity index (χ0n) is 13.8. The highest BCUT2D eigenvalue weighted by Gasteiger charge is 2.27. The lowest BCUT2D eigenvalue weighted by molar-refractivity contribution is 0.0976. The highest BCUT2D eigenvalue weighted by molar-refractivity contribution is 5.45. The number of aryl methyl sites for hydroxylation is 2. The second-order valence-corrected chi connectivity index (χ2v) is 6.24. The predicted octanol–water partition coefficient (Wildman–Crippen LogP) is 3.37. The van der Waals surface area contributed by atoms with E-state index in [1.807, 2.05) is 19.9 Å². The normalized spacial score (nSPS) is 14.7. The molecule has 0 aliphatic heterocycles. The SMILES string of the molecule is COc1c(C)cc(C)cc1C(O)C(NC(C)C)C(C)C. The Balaban J connectivity index is 3.20. The van der Waals surface area contributed by atoms with Gasteiger partial charge in [0.2, 0.25) is 0 Å². The van der Waals surface area contributed by atoms with Crippen molar-refractivity contribution in [3.05, 3.63) is 28.8 Å². The zero-order chi connectivity index (χ0) is 15.4. The highest BCUT2D eigenvalue weighted by atomic mass is 16.5. The van der Waals surface area contributed by atoms with Gasteiger partial charge in [0, 0.05) is 17.6 Å². The largest absolute Gasteiger partial charge is 0.496 e. The van der Waals surface area contributed by atoms with E-state index in [9.17, 15) is 5.11 Å². The van der Waals surface area contributed by atoms with Crippen LogP contribution in [0.1, 0.15) is 50.5 Å². The molecule has 3 heteroatoms. The Bertz CT molecular complexity index is 441. The number of hydrogen-bond donors (Lipinski definition) is 2. The summed E-state index contributed by atoms with van der Waals surface area (Å²) in [6.07, 6.45) is -0.578. The van der Waals surface area contributed by atoms with Crippen LogP contribution >= 0.6 is 0 Å². The molecule has 0 aromatic heterocycles. The molecular weight excluding hydrogens is 250 g/mol. The van der Waals surface area contributed by atoms with Crippen LogP contribution in [0.2, 0.25) is 0 Å². The number of nitrogens with one attached hydrogen (secondary N) is 1. The summed E-state index contributed by atoms with van der Waals surface area (Å²) in [6, 6.07) is 4.43. The summed E-state index contributed by atoms with van der Waals surface area (Å²) in [4.78, 5) is 0. The first-order valence-electron chi connectivity index (χ1n) is 7.37. The van der Waals surface area contributed by atoms with Crippen molar-refractivity contribution < 1.29 is 9.84 Å². The zero-order valence-corrected chi connectivity index (χ0v) is 13.8. The summed E-state index contributed by atoms with van der Waals surface area (Å²) in [5.74, 6) is 1.12. The molecule has 0 bridgehead atoms. The van der Waals surface area contributed by atoms with Crippen molar-refractivity contribution in [3.63, 3.8) is 0 Å². The van der Waals surface area contributed by atoms with Crippen molar-refractivity contribution in [2.24, 2.45) is 5.92 Å². The lowest BCUT2D eigenvalue weighted by Crippen LogP contribution is -2.43. The van der Waals surface area contributed by atoms with Gasteiger partial charge in [-0.3, -0.25) is 0 Å². The van der Waals surface area contributed by atoms with Crippen LogP contribution in [0.3, 0.4) is 0 Å². The summed E-state index contributed by atoms with van der Waals surface area (Å²) >= 11 is 0. The maximum atomic E-state index is 10.8. The van der Waals surface area contributed by atoms with Crippen molar-refractivity contribution in [2.45, 2.75) is 59.7 Å². The maximum Gasteiger partial charge on any atom is 0.127 e. The Morgan fingerprint density at radius 3 is 2.15 bits per heavy atom. The van der Waals surface area contributed by atoms with Gasteiger partial charge in [0.1, 0.15) is 5.75 Å². The van der Waals surface area contributed by atoms with Crippen LogP contribution in [0, 0.1) is 19.8 Å². The lowest BCUT2D eigenvalue weighted by Gasteiger charge is -2.31. The summed E-state index contributed by atoms with van der Waals surface area (Å²) < 4.78 is 5.50. The smallest absolute Gasteiger partial charge is 0.127 e. The highest BCUT2D eigenvalue weighted by Crippen LogP contribution is 2.33. The minimum atomic E-state index is -0.578.